The highest BCUT2D eigenvalue weighted by molar-refractivity contribution is 5.97. The van der Waals surface area contributed by atoms with Gasteiger partial charge in [0.25, 0.3) is 5.91 Å². The number of rotatable bonds is 3. The number of aryl methyl sites for hydroxylation is 1. The van der Waals surface area contributed by atoms with Gasteiger partial charge in [-0.1, -0.05) is 12.1 Å². The lowest BCUT2D eigenvalue weighted by molar-refractivity contribution is -0.117. The standard InChI is InChI=1S/C14H17NO2/c1-10-4-3-5-13-12(10)7-9-15(14(13)17)8-6-11(2)16/h3-5H,6-9H2,1-2H3. The number of carbonyl (C=O) groups is 2. The molecular weight excluding hydrogens is 214 g/mol. The summed E-state index contributed by atoms with van der Waals surface area (Å²) in [5, 5.41) is 0. The Morgan fingerprint density at radius 3 is 2.88 bits per heavy atom. The van der Waals surface area contributed by atoms with E-state index in [1.54, 1.807) is 11.8 Å². The van der Waals surface area contributed by atoms with Crippen LogP contribution >= 0.6 is 0 Å². The fourth-order valence-corrected chi connectivity index (χ4v) is 2.26. The van der Waals surface area contributed by atoms with E-state index >= 15 is 0 Å². The predicted octanol–water partition coefficient (Wildman–Crippen LogP) is 1.97. The van der Waals surface area contributed by atoms with Crippen molar-refractivity contribution in [2.75, 3.05) is 13.1 Å². The molecule has 1 aliphatic rings. The molecule has 0 N–H and O–H groups in total. The van der Waals surface area contributed by atoms with Crippen LogP contribution in [-0.2, 0) is 11.2 Å². The second-order valence-corrected chi connectivity index (χ2v) is 4.60. The Bertz CT molecular complexity index is 465. The van der Waals surface area contributed by atoms with Crippen LogP contribution in [0.5, 0.6) is 0 Å². The first-order valence-corrected chi connectivity index (χ1v) is 5.97. The van der Waals surface area contributed by atoms with Gasteiger partial charge in [0, 0.05) is 25.1 Å². The third-order valence-electron chi connectivity index (χ3n) is 3.29. The molecule has 1 aliphatic heterocycles. The van der Waals surface area contributed by atoms with Gasteiger partial charge in [-0.2, -0.15) is 0 Å². The summed E-state index contributed by atoms with van der Waals surface area (Å²) in [4.78, 5) is 24.9. The summed E-state index contributed by atoms with van der Waals surface area (Å²) in [7, 11) is 0. The molecular formula is C14H17NO2. The fourth-order valence-electron chi connectivity index (χ4n) is 2.26. The minimum Gasteiger partial charge on any atom is -0.338 e. The molecule has 0 atom stereocenters. The van der Waals surface area contributed by atoms with Gasteiger partial charge in [0.15, 0.2) is 0 Å². The van der Waals surface area contributed by atoms with Gasteiger partial charge in [-0.25, -0.2) is 0 Å². The van der Waals surface area contributed by atoms with Gasteiger partial charge in [-0.05, 0) is 37.5 Å². The molecule has 2 rings (SSSR count). The summed E-state index contributed by atoms with van der Waals surface area (Å²) in [5.74, 6) is 0.198. The van der Waals surface area contributed by atoms with Crippen LogP contribution in [0.25, 0.3) is 0 Å². The maximum atomic E-state index is 12.2. The lowest BCUT2D eigenvalue weighted by Crippen LogP contribution is -2.39. The molecule has 0 saturated heterocycles. The van der Waals surface area contributed by atoms with Crippen molar-refractivity contribution in [1.29, 1.82) is 0 Å². The topological polar surface area (TPSA) is 37.4 Å². The number of nitrogens with zero attached hydrogens (tertiary/aromatic N) is 1. The average molecular weight is 231 g/mol. The van der Waals surface area contributed by atoms with Crippen LogP contribution in [0.4, 0.5) is 0 Å². The van der Waals surface area contributed by atoms with E-state index in [1.807, 2.05) is 25.1 Å². The van der Waals surface area contributed by atoms with Crippen molar-refractivity contribution in [1.82, 2.24) is 4.90 Å². The monoisotopic (exact) mass is 231 g/mol. The van der Waals surface area contributed by atoms with Crippen molar-refractivity contribution in [3.63, 3.8) is 0 Å². The number of benzene rings is 1. The van der Waals surface area contributed by atoms with E-state index in [0.717, 1.165) is 24.1 Å². The van der Waals surface area contributed by atoms with Gasteiger partial charge in [-0.3, -0.25) is 9.59 Å². The summed E-state index contributed by atoms with van der Waals surface area (Å²) in [6.07, 6.45) is 1.35. The molecule has 3 nitrogen and oxygen atoms in total. The lowest BCUT2D eigenvalue weighted by Gasteiger charge is -2.29. The van der Waals surface area contributed by atoms with Crippen molar-refractivity contribution in [3.05, 3.63) is 34.9 Å². The third-order valence-corrected chi connectivity index (χ3v) is 3.29. The number of amides is 1. The quantitative estimate of drug-likeness (QED) is 0.797. The van der Waals surface area contributed by atoms with Crippen LogP contribution in [0.15, 0.2) is 18.2 Å². The van der Waals surface area contributed by atoms with Gasteiger partial charge in [0.2, 0.25) is 0 Å². The highest BCUT2D eigenvalue weighted by atomic mass is 16.2. The van der Waals surface area contributed by atoms with Gasteiger partial charge >= 0.3 is 0 Å². The van der Waals surface area contributed by atoms with E-state index in [1.165, 1.54) is 5.56 Å². The van der Waals surface area contributed by atoms with Gasteiger partial charge < -0.3 is 4.90 Å². The fraction of sp³-hybridized carbons (Fsp3) is 0.429. The summed E-state index contributed by atoms with van der Waals surface area (Å²) in [5.41, 5.74) is 3.15. The van der Waals surface area contributed by atoms with Gasteiger partial charge in [0.05, 0.1) is 0 Å². The van der Waals surface area contributed by atoms with E-state index in [9.17, 15) is 9.59 Å². The molecule has 3 heteroatoms. The van der Waals surface area contributed by atoms with Crippen molar-refractivity contribution >= 4 is 11.7 Å². The molecule has 0 fully saturated rings. The second kappa shape index (κ2) is 4.70. The Morgan fingerprint density at radius 1 is 1.41 bits per heavy atom. The molecule has 0 saturated carbocycles. The zero-order valence-electron chi connectivity index (χ0n) is 10.3. The lowest BCUT2D eigenvalue weighted by atomic mass is 9.94. The third kappa shape index (κ3) is 2.38. The van der Waals surface area contributed by atoms with Crippen LogP contribution in [0, 0.1) is 6.92 Å². The number of hydrogen-bond donors (Lipinski definition) is 0. The Balaban J connectivity index is 2.19. The van der Waals surface area contributed by atoms with Crippen LogP contribution in [0.3, 0.4) is 0 Å². The molecule has 1 aromatic rings. The zero-order chi connectivity index (χ0) is 12.4. The summed E-state index contributed by atoms with van der Waals surface area (Å²) < 4.78 is 0. The summed E-state index contributed by atoms with van der Waals surface area (Å²) >= 11 is 0. The Morgan fingerprint density at radius 2 is 2.18 bits per heavy atom. The molecule has 0 aliphatic carbocycles. The summed E-state index contributed by atoms with van der Waals surface area (Å²) in [6, 6.07) is 5.84. The number of carbonyl (C=O) groups excluding carboxylic acids is 2. The number of fused-ring (bicyclic) bond motifs is 1. The molecule has 17 heavy (non-hydrogen) atoms. The van der Waals surface area contributed by atoms with Crippen LogP contribution in [0.1, 0.15) is 34.8 Å². The van der Waals surface area contributed by atoms with Gasteiger partial charge in [0.1, 0.15) is 5.78 Å². The molecule has 0 radical (unpaired) electrons. The van der Waals surface area contributed by atoms with E-state index < -0.39 is 0 Å². The normalized spacial score (nSPS) is 14.7. The number of hydrogen-bond acceptors (Lipinski definition) is 2. The van der Waals surface area contributed by atoms with Crippen LogP contribution in [0.2, 0.25) is 0 Å². The van der Waals surface area contributed by atoms with Crippen LogP contribution < -0.4 is 0 Å². The summed E-state index contributed by atoms with van der Waals surface area (Å²) in [6.45, 7) is 4.87. The van der Waals surface area contributed by atoms with Crippen molar-refractivity contribution in [2.24, 2.45) is 0 Å². The Labute approximate surface area is 101 Å². The van der Waals surface area contributed by atoms with Crippen molar-refractivity contribution in [3.8, 4) is 0 Å². The molecule has 0 aromatic heterocycles. The van der Waals surface area contributed by atoms with E-state index in [2.05, 4.69) is 0 Å². The largest absolute Gasteiger partial charge is 0.338 e. The molecule has 1 amide bonds. The Hall–Kier alpha value is -1.64. The Kier molecular flexibility index (Phi) is 3.27. The van der Waals surface area contributed by atoms with E-state index in [-0.39, 0.29) is 11.7 Å². The SMILES string of the molecule is CC(=O)CCN1CCc2c(C)cccc2C1=O. The van der Waals surface area contributed by atoms with Gasteiger partial charge in [-0.15, -0.1) is 0 Å². The molecule has 0 unspecified atom stereocenters. The maximum absolute atomic E-state index is 12.2. The van der Waals surface area contributed by atoms with Crippen molar-refractivity contribution in [2.45, 2.75) is 26.7 Å². The minimum atomic E-state index is 0.0659. The minimum absolute atomic E-state index is 0.0659. The number of ketones is 1. The van der Waals surface area contributed by atoms with E-state index in [0.29, 0.717) is 13.0 Å². The van der Waals surface area contributed by atoms with Crippen LogP contribution in [-0.4, -0.2) is 29.7 Å². The predicted molar refractivity (Wildman–Crippen MR) is 66.1 cm³/mol. The molecule has 0 spiro atoms. The molecule has 90 valence electrons. The second-order valence-electron chi connectivity index (χ2n) is 4.60. The smallest absolute Gasteiger partial charge is 0.254 e. The number of Topliss-reactive ketones (excluding diaryl/α,β-unsaturated/α-hetero) is 1. The highest BCUT2D eigenvalue weighted by Crippen LogP contribution is 2.22. The van der Waals surface area contributed by atoms with E-state index in [4.69, 9.17) is 0 Å². The first-order chi connectivity index (χ1) is 8.09. The molecule has 1 heterocycles. The molecule has 0 bridgehead atoms. The highest BCUT2D eigenvalue weighted by Gasteiger charge is 2.24. The average Bonchev–Trinajstić information content (AvgIpc) is 2.29. The first kappa shape index (κ1) is 11.8. The maximum Gasteiger partial charge on any atom is 0.254 e. The molecule has 1 aromatic carbocycles. The van der Waals surface area contributed by atoms with Crippen molar-refractivity contribution < 1.29 is 9.59 Å². The first-order valence-electron chi connectivity index (χ1n) is 5.97. The zero-order valence-corrected chi connectivity index (χ0v) is 10.3.